The van der Waals surface area contributed by atoms with Crippen molar-refractivity contribution in [2.45, 2.75) is 39.5 Å². The van der Waals surface area contributed by atoms with E-state index in [1.165, 1.54) is 0 Å². The van der Waals surface area contributed by atoms with Crippen molar-refractivity contribution < 1.29 is 28.3 Å². The topological polar surface area (TPSA) is 152 Å². The Bertz CT molecular complexity index is 992. The number of anilines is 1. The molecule has 32 heavy (non-hydrogen) atoms. The Labute approximate surface area is 195 Å². The van der Waals surface area contributed by atoms with Crippen molar-refractivity contribution in [2.24, 2.45) is 11.3 Å². The molecule has 1 saturated heterocycles. The van der Waals surface area contributed by atoms with E-state index in [1.807, 2.05) is 6.92 Å². The summed E-state index contributed by atoms with van der Waals surface area (Å²) in [6.07, 6.45) is 1.60. The zero-order chi connectivity index (χ0) is 23.5. The first-order chi connectivity index (χ1) is 15.1. The average Bonchev–Trinajstić information content (AvgIpc) is 3.32. The number of imidazole rings is 1. The van der Waals surface area contributed by atoms with E-state index in [1.54, 1.807) is 24.7 Å². The lowest BCUT2D eigenvalue weighted by molar-refractivity contribution is -0.119. The lowest BCUT2D eigenvalue weighted by Gasteiger charge is -2.18. The minimum atomic E-state index is -2.73. The maximum Gasteiger partial charge on any atom is 0.319 e. The van der Waals surface area contributed by atoms with Crippen molar-refractivity contribution >= 4 is 53.8 Å². The van der Waals surface area contributed by atoms with Gasteiger partial charge in [-0.1, -0.05) is 30.3 Å². The predicted octanol–water partition coefficient (Wildman–Crippen LogP) is 2.69. The van der Waals surface area contributed by atoms with Gasteiger partial charge in [0.15, 0.2) is 15.9 Å². The van der Waals surface area contributed by atoms with E-state index < -0.39 is 13.7 Å². The van der Waals surface area contributed by atoms with Gasteiger partial charge in [-0.25, -0.2) is 4.98 Å². The summed E-state index contributed by atoms with van der Waals surface area (Å²) in [5, 5.41) is 9.22. The van der Waals surface area contributed by atoms with Gasteiger partial charge >= 0.3 is 8.25 Å². The summed E-state index contributed by atoms with van der Waals surface area (Å²) in [6.45, 7) is 5.31. The first-order valence-electron chi connectivity index (χ1n) is 10.0. The smallest absolute Gasteiger partial charge is 0.319 e. The molecule has 3 rings (SSSR count). The van der Waals surface area contributed by atoms with Gasteiger partial charge in [-0.3, -0.25) is 13.9 Å². The van der Waals surface area contributed by atoms with Gasteiger partial charge in [0.2, 0.25) is 5.95 Å². The molecule has 2 aromatic heterocycles. The quantitative estimate of drug-likeness (QED) is 0.277. The Morgan fingerprint density at radius 2 is 2.22 bits per heavy atom. The van der Waals surface area contributed by atoms with Crippen LogP contribution in [0.2, 0.25) is 5.15 Å². The molecule has 0 saturated carbocycles. The molecule has 0 bridgehead atoms. The number of ether oxygens (including phenoxy) is 1. The van der Waals surface area contributed by atoms with Crippen LogP contribution in [0.15, 0.2) is 6.33 Å². The van der Waals surface area contributed by atoms with E-state index in [9.17, 15) is 14.5 Å². The average molecular weight is 508 g/mol. The maximum atomic E-state index is 12.0. The highest BCUT2D eigenvalue weighted by atomic mass is 35.5. The van der Waals surface area contributed by atoms with E-state index in [0.29, 0.717) is 23.3 Å². The molecule has 14 heteroatoms. The Hall–Kier alpha value is -1.27. The van der Waals surface area contributed by atoms with E-state index in [4.69, 9.17) is 31.1 Å². The number of aromatic nitrogens is 4. The van der Waals surface area contributed by atoms with Crippen LogP contribution >= 0.6 is 31.6 Å². The molecular formula is C18H27ClN5O6PS. The van der Waals surface area contributed by atoms with Crippen LogP contribution < -0.4 is 5.73 Å². The second-order valence-electron chi connectivity index (χ2n) is 8.15. The Morgan fingerprint density at radius 1 is 1.47 bits per heavy atom. The van der Waals surface area contributed by atoms with Gasteiger partial charge in [-0.15, -0.1) is 0 Å². The number of carbonyl (C=O) groups is 1. The fourth-order valence-electron chi connectivity index (χ4n) is 3.17. The number of nitrogens with zero attached hydrogens (tertiary/aromatic N) is 4. The van der Waals surface area contributed by atoms with Crippen LogP contribution in [0, 0.1) is 11.3 Å². The van der Waals surface area contributed by atoms with E-state index in [2.05, 4.69) is 15.0 Å². The zero-order valence-electron chi connectivity index (χ0n) is 18.0. The summed E-state index contributed by atoms with van der Waals surface area (Å²) < 4.78 is 30.4. The molecule has 1 fully saturated rings. The van der Waals surface area contributed by atoms with Gasteiger partial charge in [-0.2, -0.15) is 9.97 Å². The maximum absolute atomic E-state index is 12.0. The molecule has 1 unspecified atom stereocenters. The van der Waals surface area contributed by atoms with Crippen molar-refractivity contribution in [3.05, 3.63) is 11.5 Å². The largest absolute Gasteiger partial charge is 0.395 e. The number of thioether (sulfide) groups is 1. The fraction of sp³-hybridized carbons (Fsp3) is 0.667. The molecule has 1 aliphatic rings. The summed E-state index contributed by atoms with van der Waals surface area (Å²) in [4.78, 5) is 24.3. The molecule has 0 radical (unpaired) electrons. The SMILES string of the molecule is C[C@H]1C[C@@H](CO[PH](=O)OCCSC(=O)C(C)(C)CO)O[C@H]1n1cnc2c(Cl)nc(N)nc21. The number of aliphatic hydroxyl groups excluding tert-OH is 1. The minimum absolute atomic E-state index is 0.0466. The molecule has 0 amide bonds. The molecule has 1 aliphatic heterocycles. The molecule has 3 N–H and O–H groups in total. The van der Waals surface area contributed by atoms with Gasteiger partial charge in [-0.05, 0) is 20.3 Å². The van der Waals surface area contributed by atoms with Gasteiger partial charge in [0.1, 0.15) is 11.7 Å². The van der Waals surface area contributed by atoms with Crippen LogP contribution in [-0.4, -0.2) is 61.4 Å². The van der Waals surface area contributed by atoms with E-state index in [0.717, 1.165) is 11.8 Å². The number of aliphatic hydroxyl groups is 1. The van der Waals surface area contributed by atoms with Crippen LogP contribution in [0.4, 0.5) is 5.95 Å². The van der Waals surface area contributed by atoms with E-state index in [-0.39, 0.29) is 54.3 Å². The molecule has 11 nitrogen and oxygen atoms in total. The summed E-state index contributed by atoms with van der Waals surface area (Å²) in [7, 11) is -2.73. The van der Waals surface area contributed by atoms with Gasteiger partial charge < -0.3 is 24.6 Å². The van der Waals surface area contributed by atoms with Crippen molar-refractivity contribution in [3.63, 3.8) is 0 Å². The van der Waals surface area contributed by atoms with Crippen LogP contribution in [0.3, 0.4) is 0 Å². The number of nitrogens with two attached hydrogens (primary N) is 1. The van der Waals surface area contributed by atoms with Crippen LogP contribution in [0.1, 0.15) is 33.4 Å². The summed E-state index contributed by atoms with van der Waals surface area (Å²) >= 11 is 7.12. The number of nitrogen functional groups attached to an aromatic ring is 1. The summed E-state index contributed by atoms with van der Waals surface area (Å²) in [6, 6.07) is 0. The van der Waals surface area contributed by atoms with Crippen LogP contribution in [0.25, 0.3) is 11.2 Å². The van der Waals surface area contributed by atoms with E-state index >= 15 is 0 Å². The predicted molar refractivity (Wildman–Crippen MR) is 122 cm³/mol. The first-order valence-corrected chi connectivity index (χ1v) is 12.6. The molecule has 3 heterocycles. The fourth-order valence-corrected chi connectivity index (χ4v) is 5.02. The van der Waals surface area contributed by atoms with Gasteiger partial charge in [0.05, 0.1) is 37.7 Å². The summed E-state index contributed by atoms with van der Waals surface area (Å²) in [5.74, 6) is 0.476. The molecular weight excluding hydrogens is 481 g/mol. The number of hydrogen-bond acceptors (Lipinski definition) is 11. The normalized spacial score (nSPS) is 22.5. The number of carbonyl (C=O) groups excluding carboxylic acids is 1. The van der Waals surface area contributed by atoms with Crippen molar-refractivity contribution in [1.29, 1.82) is 0 Å². The number of halogens is 1. The van der Waals surface area contributed by atoms with Crippen LogP contribution in [0.5, 0.6) is 0 Å². The number of hydrogen-bond donors (Lipinski definition) is 2. The third-order valence-corrected chi connectivity index (χ3v) is 7.29. The molecule has 2 aromatic rings. The molecule has 0 spiro atoms. The lowest BCUT2D eigenvalue weighted by Crippen LogP contribution is -2.26. The highest BCUT2D eigenvalue weighted by Crippen LogP contribution is 2.37. The standard InChI is InChI=1S/C18H27ClN5O6PS/c1-10-6-11(7-29-31(27)28-4-5-32-16(26)18(2,3)8-25)30-15(10)24-9-21-12-13(19)22-17(20)23-14(12)24/h9-11,15,25,31H,4-8H2,1-3H3,(H2,20,22,23)/t10-,11-,15+/m0/s1. The zero-order valence-corrected chi connectivity index (χ0v) is 20.6. The molecule has 178 valence electrons. The number of fused-ring (bicyclic) bond motifs is 1. The van der Waals surface area contributed by atoms with Crippen molar-refractivity contribution in [2.75, 3.05) is 31.3 Å². The monoisotopic (exact) mass is 507 g/mol. The van der Waals surface area contributed by atoms with Gasteiger partial charge in [0, 0.05) is 11.7 Å². The Kier molecular flexibility index (Phi) is 8.53. The number of rotatable bonds is 10. The van der Waals surface area contributed by atoms with Gasteiger partial charge in [0.25, 0.3) is 0 Å². The lowest BCUT2D eigenvalue weighted by atomic mass is 9.97. The first kappa shape index (κ1) is 25.4. The highest BCUT2D eigenvalue weighted by Gasteiger charge is 2.35. The highest BCUT2D eigenvalue weighted by molar-refractivity contribution is 8.13. The van der Waals surface area contributed by atoms with Crippen LogP contribution in [-0.2, 0) is 23.1 Å². The molecule has 0 aliphatic carbocycles. The minimum Gasteiger partial charge on any atom is -0.395 e. The molecule has 0 aromatic carbocycles. The second kappa shape index (κ2) is 10.8. The third-order valence-electron chi connectivity index (χ3n) is 5.00. The Morgan fingerprint density at radius 3 is 2.94 bits per heavy atom. The second-order valence-corrected chi connectivity index (χ2v) is 10.6. The van der Waals surface area contributed by atoms with Crippen molar-refractivity contribution in [3.8, 4) is 0 Å². The van der Waals surface area contributed by atoms with Crippen molar-refractivity contribution in [1.82, 2.24) is 19.5 Å². The summed E-state index contributed by atoms with van der Waals surface area (Å²) in [5.41, 5.74) is 5.81. The third kappa shape index (κ3) is 5.99. The molecule has 4 atom stereocenters. The Balaban J connectivity index is 1.46.